The van der Waals surface area contributed by atoms with Crippen molar-refractivity contribution in [3.63, 3.8) is 0 Å². The Balaban J connectivity index is 1.62. The van der Waals surface area contributed by atoms with Crippen LogP contribution >= 0.6 is 0 Å². The Morgan fingerprint density at radius 2 is 1.70 bits per heavy atom. The van der Waals surface area contributed by atoms with Crippen molar-refractivity contribution in [1.82, 2.24) is 5.32 Å². The van der Waals surface area contributed by atoms with E-state index in [1.54, 1.807) is 31.4 Å². The Bertz CT molecular complexity index is 787. The van der Waals surface area contributed by atoms with Crippen LogP contribution in [0.15, 0.2) is 48.5 Å². The zero-order chi connectivity index (χ0) is 19.2. The van der Waals surface area contributed by atoms with Gasteiger partial charge in [-0.15, -0.1) is 0 Å². The Morgan fingerprint density at radius 3 is 2.33 bits per heavy atom. The number of benzene rings is 2. The Morgan fingerprint density at radius 1 is 1.04 bits per heavy atom. The Labute approximate surface area is 159 Å². The second-order valence-corrected chi connectivity index (χ2v) is 6.40. The van der Waals surface area contributed by atoms with Gasteiger partial charge in [0.25, 0.3) is 5.91 Å². The molecule has 1 atom stereocenters. The predicted octanol–water partition coefficient (Wildman–Crippen LogP) is 2.91. The predicted molar refractivity (Wildman–Crippen MR) is 103 cm³/mol. The molecule has 0 aromatic heterocycles. The highest BCUT2D eigenvalue weighted by Crippen LogP contribution is 2.25. The number of nitrogens with zero attached hydrogens (tertiary/aromatic N) is 1. The van der Waals surface area contributed by atoms with Crippen molar-refractivity contribution in [3.8, 4) is 11.5 Å². The highest BCUT2D eigenvalue weighted by Gasteiger charge is 2.39. The van der Waals surface area contributed by atoms with E-state index in [-0.39, 0.29) is 18.2 Å². The second-order valence-electron chi connectivity index (χ2n) is 6.40. The van der Waals surface area contributed by atoms with Gasteiger partial charge in [0.1, 0.15) is 11.5 Å². The van der Waals surface area contributed by atoms with Gasteiger partial charge >= 0.3 is 0 Å². The first-order valence-corrected chi connectivity index (χ1v) is 9.08. The van der Waals surface area contributed by atoms with Crippen LogP contribution in [0.4, 0.5) is 5.69 Å². The monoisotopic (exact) mass is 368 g/mol. The van der Waals surface area contributed by atoms with Crippen LogP contribution in [-0.4, -0.2) is 31.6 Å². The first kappa shape index (κ1) is 18.9. The number of hydrogen-bond donors (Lipinski definition) is 1. The maximum Gasteiger partial charge on any atom is 0.251 e. The van der Waals surface area contributed by atoms with Crippen LogP contribution < -0.4 is 19.7 Å². The van der Waals surface area contributed by atoms with E-state index in [4.69, 9.17) is 9.47 Å². The third-order valence-electron chi connectivity index (χ3n) is 4.43. The van der Waals surface area contributed by atoms with E-state index in [1.165, 1.54) is 4.90 Å². The van der Waals surface area contributed by atoms with Gasteiger partial charge in [-0.3, -0.25) is 9.59 Å². The quantitative estimate of drug-likeness (QED) is 0.726. The zero-order valence-electron chi connectivity index (χ0n) is 15.6. The second kappa shape index (κ2) is 8.68. The molecule has 1 fully saturated rings. The molecule has 1 saturated heterocycles. The van der Waals surface area contributed by atoms with E-state index >= 15 is 0 Å². The van der Waals surface area contributed by atoms with Crippen molar-refractivity contribution in [3.05, 3.63) is 54.1 Å². The summed E-state index contributed by atoms with van der Waals surface area (Å²) in [4.78, 5) is 26.3. The van der Waals surface area contributed by atoms with Crippen LogP contribution in [0.5, 0.6) is 11.5 Å². The van der Waals surface area contributed by atoms with Crippen molar-refractivity contribution < 1.29 is 19.1 Å². The molecule has 0 spiro atoms. The van der Waals surface area contributed by atoms with Gasteiger partial charge in [-0.25, -0.2) is 4.90 Å². The molecule has 6 nitrogen and oxygen atoms in total. The summed E-state index contributed by atoms with van der Waals surface area (Å²) in [5.41, 5.74) is 1.59. The average molecular weight is 368 g/mol. The summed E-state index contributed by atoms with van der Waals surface area (Å²) >= 11 is 0. The van der Waals surface area contributed by atoms with E-state index in [2.05, 4.69) is 5.32 Å². The minimum Gasteiger partial charge on any atom is -0.497 e. The SMILES string of the molecule is CCCOc1ccc(N2C(=O)CC(NCc3ccc(OC)cc3)C2=O)cc1. The lowest BCUT2D eigenvalue weighted by atomic mass is 10.2. The number of methoxy groups -OCH3 is 1. The molecule has 0 bridgehead atoms. The Kier molecular flexibility index (Phi) is 6.08. The molecule has 1 N–H and O–H groups in total. The smallest absolute Gasteiger partial charge is 0.251 e. The van der Waals surface area contributed by atoms with Gasteiger partial charge < -0.3 is 14.8 Å². The van der Waals surface area contributed by atoms with Crippen LogP contribution in [0.1, 0.15) is 25.3 Å². The zero-order valence-corrected chi connectivity index (χ0v) is 15.6. The van der Waals surface area contributed by atoms with Crippen molar-refractivity contribution in [1.29, 1.82) is 0 Å². The number of amides is 2. The summed E-state index contributed by atoms with van der Waals surface area (Å²) in [7, 11) is 1.62. The number of rotatable bonds is 8. The number of hydrogen-bond acceptors (Lipinski definition) is 5. The first-order valence-electron chi connectivity index (χ1n) is 9.08. The molecule has 27 heavy (non-hydrogen) atoms. The van der Waals surface area contributed by atoms with Crippen molar-refractivity contribution >= 4 is 17.5 Å². The van der Waals surface area contributed by atoms with Crippen LogP contribution in [0.2, 0.25) is 0 Å². The van der Waals surface area contributed by atoms with E-state index in [0.29, 0.717) is 18.8 Å². The molecule has 2 aromatic rings. The number of ether oxygens (including phenoxy) is 2. The fourth-order valence-electron chi connectivity index (χ4n) is 2.96. The van der Waals surface area contributed by atoms with Crippen molar-refractivity contribution in [2.75, 3.05) is 18.6 Å². The molecule has 0 aliphatic carbocycles. The molecule has 0 saturated carbocycles. The van der Waals surface area contributed by atoms with E-state index in [9.17, 15) is 9.59 Å². The normalized spacial score (nSPS) is 16.7. The lowest BCUT2D eigenvalue weighted by Gasteiger charge is -2.16. The molecule has 2 amide bonds. The van der Waals surface area contributed by atoms with Gasteiger partial charge in [0.05, 0.1) is 31.9 Å². The summed E-state index contributed by atoms with van der Waals surface area (Å²) < 4.78 is 10.7. The van der Waals surface area contributed by atoms with Gasteiger partial charge in [0, 0.05) is 6.54 Å². The molecule has 3 rings (SSSR count). The van der Waals surface area contributed by atoms with E-state index in [0.717, 1.165) is 23.5 Å². The van der Waals surface area contributed by atoms with Gasteiger partial charge in [-0.1, -0.05) is 19.1 Å². The minimum absolute atomic E-state index is 0.156. The number of imide groups is 1. The van der Waals surface area contributed by atoms with Gasteiger partial charge in [-0.2, -0.15) is 0 Å². The minimum atomic E-state index is -0.518. The molecule has 2 aromatic carbocycles. The number of anilines is 1. The molecule has 6 heteroatoms. The van der Waals surface area contributed by atoms with Crippen LogP contribution in [0.25, 0.3) is 0 Å². The molecule has 1 heterocycles. The number of carbonyl (C=O) groups is 2. The molecule has 0 radical (unpaired) electrons. The number of nitrogens with one attached hydrogen (secondary N) is 1. The van der Waals surface area contributed by atoms with E-state index in [1.807, 2.05) is 31.2 Å². The largest absolute Gasteiger partial charge is 0.497 e. The number of carbonyl (C=O) groups excluding carboxylic acids is 2. The molecule has 1 aliphatic rings. The van der Waals surface area contributed by atoms with E-state index < -0.39 is 6.04 Å². The third kappa shape index (κ3) is 4.46. The fourth-order valence-corrected chi connectivity index (χ4v) is 2.96. The van der Waals surface area contributed by atoms with Gasteiger partial charge in [-0.05, 0) is 48.4 Å². The maximum atomic E-state index is 12.7. The van der Waals surface area contributed by atoms with Gasteiger partial charge in [0.2, 0.25) is 5.91 Å². The maximum absolute atomic E-state index is 12.7. The van der Waals surface area contributed by atoms with Crippen LogP contribution in [-0.2, 0) is 16.1 Å². The van der Waals surface area contributed by atoms with Crippen molar-refractivity contribution in [2.45, 2.75) is 32.4 Å². The van der Waals surface area contributed by atoms with Crippen LogP contribution in [0.3, 0.4) is 0 Å². The summed E-state index contributed by atoms with van der Waals surface area (Å²) in [5.74, 6) is 1.09. The average Bonchev–Trinajstić information content (AvgIpc) is 2.99. The highest BCUT2D eigenvalue weighted by atomic mass is 16.5. The Hall–Kier alpha value is -2.86. The third-order valence-corrected chi connectivity index (χ3v) is 4.43. The van der Waals surface area contributed by atoms with Gasteiger partial charge in [0.15, 0.2) is 0 Å². The summed E-state index contributed by atoms with van der Waals surface area (Å²) in [5, 5.41) is 3.18. The topological polar surface area (TPSA) is 67.9 Å². The standard InChI is InChI=1S/C21H24N2O4/c1-3-12-27-18-10-6-16(7-11-18)23-20(24)13-19(21(23)25)22-14-15-4-8-17(26-2)9-5-15/h4-11,19,22H,3,12-14H2,1-2H3. The van der Waals surface area contributed by atoms with Crippen LogP contribution in [0, 0.1) is 0 Å². The first-order chi connectivity index (χ1) is 13.1. The fraction of sp³-hybridized carbons (Fsp3) is 0.333. The summed E-state index contributed by atoms with van der Waals surface area (Å²) in [6.07, 6.45) is 1.08. The lowest BCUT2D eigenvalue weighted by molar-refractivity contribution is -0.121. The molecular weight excluding hydrogens is 344 g/mol. The van der Waals surface area contributed by atoms with Crippen molar-refractivity contribution in [2.24, 2.45) is 0 Å². The lowest BCUT2D eigenvalue weighted by Crippen LogP contribution is -2.38. The molecular formula is C21H24N2O4. The molecule has 142 valence electrons. The molecule has 1 unspecified atom stereocenters. The molecule has 1 aliphatic heterocycles. The summed E-state index contributed by atoms with van der Waals surface area (Å²) in [6.45, 7) is 3.18. The highest BCUT2D eigenvalue weighted by molar-refractivity contribution is 6.22. The summed E-state index contributed by atoms with van der Waals surface area (Å²) in [6, 6.07) is 14.1.